The van der Waals surface area contributed by atoms with Crippen LogP contribution in [0.3, 0.4) is 0 Å². The summed E-state index contributed by atoms with van der Waals surface area (Å²) in [7, 11) is 0. The Hall–Kier alpha value is -1.48. The molecule has 1 aromatic heterocycles. The summed E-state index contributed by atoms with van der Waals surface area (Å²) in [5, 5.41) is 10.2. The van der Waals surface area contributed by atoms with Crippen LogP contribution in [0.15, 0.2) is 30.5 Å². The molecule has 0 amide bonds. The molecule has 2 atom stereocenters. The lowest BCUT2D eigenvalue weighted by molar-refractivity contribution is 0.141. The number of rotatable bonds is 5. The minimum atomic E-state index is -0.511. The Morgan fingerprint density at radius 2 is 1.94 bits per heavy atom. The molecule has 2 rings (SSSR count). The van der Waals surface area contributed by atoms with Gasteiger partial charge in [-0.25, -0.2) is 4.98 Å². The lowest BCUT2D eigenvalue weighted by Gasteiger charge is -2.15. The summed E-state index contributed by atoms with van der Waals surface area (Å²) in [5.41, 5.74) is 2.39. The first kappa shape index (κ1) is 13.0. The summed E-state index contributed by atoms with van der Waals surface area (Å²) in [6.07, 6.45) is 4.21. The molecule has 18 heavy (non-hydrogen) atoms. The Morgan fingerprint density at radius 3 is 2.67 bits per heavy atom. The van der Waals surface area contributed by atoms with E-state index in [1.54, 1.807) is 6.20 Å². The van der Waals surface area contributed by atoms with E-state index in [4.69, 9.17) is 0 Å². The van der Waals surface area contributed by atoms with Crippen LogP contribution < -0.4 is 0 Å². The molecule has 3 heteroatoms. The van der Waals surface area contributed by atoms with Crippen molar-refractivity contribution in [3.8, 4) is 0 Å². The van der Waals surface area contributed by atoms with Gasteiger partial charge in [0.1, 0.15) is 0 Å². The highest BCUT2D eigenvalue weighted by atomic mass is 16.3. The third-order valence-electron chi connectivity index (χ3n) is 3.22. The normalized spacial score (nSPS) is 14.6. The zero-order chi connectivity index (χ0) is 13.0. The van der Waals surface area contributed by atoms with Crippen molar-refractivity contribution in [1.82, 2.24) is 9.97 Å². The summed E-state index contributed by atoms with van der Waals surface area (Å²) in [6, 6.07) is 7.73. The number of aromatic nitrogens is 2. The van der Waals surface area contributed by atoms with Gasteiger partial charge < -0.3 is 5.11 Å². The molecule has 0 fully saturated rings. The molecular formula is C15H20N2O. The number of hydrogen-bond acceptors (Lipinski definition) is 3. The Bertz CT molecular complexity index is 513. The van der Waals surface area contributed by atoms with Crippen LogP contribution in [-0.2, 0) is 0 Å². The van der Waals surface area contributed by atoms with Crippen molar-refractivity contribution in [3.05, 3.63) is 36.2 Å². The van der Waals surface area contributed by atoms with Gasteiger partial charge in [-0.3, -0.25) is 4.98 Å². The molecule has 96 valence electrons. The average Bonchev–Trinajstić information content (AvgIpc) is 2.38. The van der Waals surface area contributed by atoms with Gasteiger partial charge in [0.25, 0.3) is 0 Å². The van der Waals surface area contributed by atoms with Gasteiger partial charge in [0, 0.05) is 0 Å². The van der Waals surface area contributed by atoms with Crippen molar-refractivity contribution in [1.29, 1.82) is 0 Å². The van der Waals surface area contributed by atoms with E-state index < -0.39 is 6.10 Å². The fourth-order valence-electron chi connectivity index (χ4n) is 2.24. The third-order valence-corrected chi connectivity index (χ3v) is 3.22. The largest absolute Gasteiger partial charge is 0.387 e. The Balaban J connectivity index is 2.15. The molecule has 0 aliphatic carbocycles. The summed E-state index contributed by atoms with van der Waals surface area (Å²) < 4.78 is 0. The predicted molar refractivity (Wildman–Crippen MR) is 73.2 cm³/mol. The minimum absolute atomic E-state index is 0.511. The second kappa shape index (κ2) is 5.91. The molecule has 0 saturated heterocycles. The summed E-state index contributed by atoms with van der Waals surface area (Å²) in [5.74, 6) is 0.512. The topological polar surface area (TPSA) is 46.0 Å². The molecule has 0 saturated carbocycles. The highest BCUT2D eigenvalue weighted by molar-refractivity contribution is 5.73. The smallest absolute Gasteiger partial charge is 0.0978 e. The maximum Gasteiger partial charge on any atom is 0.0978 e. The van der Waals surface area contributed by atoms with Crippen LogP contribution in [0.5, 0.6) is 0 Å². The van der Waals surface area contributed by atoms with Crippen LogP contribution in [0.2, 0.25) is 0 Å². The average molecular weight is 244 g/mol. The van der Waals surface area contributed by atoms with Crippen molar-refractivity contribution in [2.45, 2.75) is 39.2 Å². The zero-order valence-electron chi connectivity index (χ0n) is 11.0. The first-order valence-electron chi connectivity index (χ1n) is 6.60. The Kier molecular flexibility index (Phi) is 4.26. The van der Waals surface area contributed by atoms with Crippen LogP contribution in [-0.4, -0.2) is 15.1 Å². The molecule has 1 N–H and O–H groups in total. The highest BCUT2D eigenvalue weighted by Gasteiger charge is 2.14. The van der Waals surface area contributed by atoms with E-state index in [9.17, 15) is 5.11 Å². The molecule has 1 heterocycles. The second-order valence-corrected chi connectivity index (χ2v) is 4.93. The first-order valence-corrected chi connectivity index (χ1v) is 6.60. The maximum atomic E-state index is 10.2. The van der Waals surface area contributed by atoms with Crippen LogP contribution in [0.4, 0.5) is 0 Å². The van der Waals surface area contributed by atoms with E-state index in [1.807, 2.05) is 24.3 Å². The number of aliphatic hydroxyl groups is 1. The molecule has 0 bridgehead atoms. The van der Waals surface area contributed by atoms with Gasteiger partial charge in [-0.05, 0) is 24.5 Å². The Morgan fingerprint density at radius 1 is 1.22 bits per heavy atom. The van der Waals surface area contributed by atoms with E-state index in [1.165, 1.54) is 0 Å². The van der Waals surface area contributed by atoms with Gasteiger partial charge in [0.15, 0.2) is 0 Å². The number of nitrogens with zero attached hydrogens (tertiary/aromatic N) is 2. The van der Waals surface area contributed by atoms with Crippen molar-refractivity contribution in [2.24, 2.45) is 5.92 Å². The van der Waals surface area contributed by atoms with Gasteiger partial charge in [0.05, 0.1) is 29.0 Å². The second-order valence-electron chi connectivity index (χ2n) is 4.93. The van der Waals surface area contributed by atoms with Gasteiger partial charge >= 0.3 is 0 Å². The lowest BCUT2D eigenvalue weighted by Crippen LogP contribution is -2.07. The predicted octanol–water partition coefficient (Wildman–Crippen LogP) is 3.49. The SMILES string of the molecule is CCCC(C)CC(O)c1cnc2ccccc2n1. The number of aliphatic hydroxyl groups excluding tert-OH is 1. The highest BCUT2D eigenvalue weighted by Crippen LogP contribution is 2.23. The van der Waals surface area contributed by atoms with Crippen LogP contribution in [0.25, 0.3) is 11.0 Å². The van der Waals surface area contributed by atoms with E-state index in [0.29, 0.717) is 11.6 Å². The molecule has 0 spiro atoms. The van der Waals surface area contributed by atoms with Gasteiger partial charge in [-0.2, -0.15) is 0 Å². The molecule has 0 aliphatic rings. The fourth-order valence-corrected chi connectivity index (χ4v) is 2.24. The summed E-state index contributed by atoms with van der Waals surface area (Å²) in [4.78, 5) is 8.81. The van der Waals surface area contributed by atoms with Crippen LogP contribution in [0, 0.1) is 5.92 Å². The molecule has 3 nitrogen and oxygen atoms in total. The van der Waals surface area contributed by atoms with Gasteiger partial charge in [-0.15, -0.1) is 0 Å². The van der Waals surface area contributed by atoms with E-state index >= 15 is 0 Å². The van der Waals surface area contributed by atoms with Crippen LogP contribution >= 0.6 is 0 Å². The third kappa shape index (κ3) is 3.05. The zero-order valence-corrected chi connectivity index (χ0v) is 11.0. The van der Waals surface area contributed by atoms with Crippen molar-refractivity contribution in [3.63, 3.8) is 0 Å². The van der Waals surface area contributed by atoms with Gasteiger partial charge in [-0.1, -0.05) is 38.8 Å². The molecule has 0 radical (unpaired) electrons. The molecule has 0 aliphatic heterocycles. The summed E-state index contributed by atoms with van der Waals surface area (Å²) >= 11 is 0. The van der Waals surface area contributed by atoms with E-state index in [-0.39, 0.29) is 0 Å². The number of fused-ring (bicyclic) bond motifs is 1. The molecular weight excluding hydrogens is 224 g/mol. The van der Waals surface area contributed by atoms with Crippen molar-refractivity contribution >= 4 is 11.0 Å². The fraction of sp³-hybridized carbons (Fsp3) is 0.467. The van der Waals surface area contributed by atoms with Crippen LogP contribution in [0.1, 0.15) is 44.9 Å². The van der Waals surface area contributed by atoms with Crippen molar-refractivity contribution in [2.75, 3.05) is 0 Å². The Labute approximate surface area is 108 Å². The molecule has 1 aromatic carbocycles. The quantitative estimate of drug-likeness (QED) is 0.875. The number of benzene rings is 1. The number of para-hydroxylation sites is 2. The van der Waals surface area contributed by atoms with E-state index in [0.717, 1.165) is 30.3 Å². The minimum Gasteiger partial charge on any atom is -0.387 e. The first-order chi connectivity index (χ1) is 8.70. The van der Waals surface area contributed by atoms with Crippen molar-refractivity contribution < 1.29 is 5.11 Å². The van der Waals surface area contributed by atoms with Gasteiger partial charge in [0.2, 0.25) is 0 Å². The monoisotopic (exact) mass is 244 g/mol. The number of hydrogen-bond donors (Lipinski definition) is 1. The molecule has 2 aromatic rings. The standard InChI is InChI=1S/C15H20N2O/c1-3-6-11(2)9-15(18)14-10-16-12-7-4-5-8-13(12)17-14/h4-5,7-8,10-11,15,18H,3,6,9H2,1-2H3. The lowest BCUT2D eigenvalue weighted by atomic mass is 9.97. The summed E-state index contributed by atoms with van der Waals surface area (Å²) in [6.45, 7) is 4.33. The van der Waals surface area contributed by atoms with E-state index in [2.05, 4.69) is 23.8 Å². The maximum absolute atomic E-state index is 10.2. The molecule has 2 unspecified atom stereocenters.